The zero-order chi connectivity index (χ0) is 39.8. The van der Waals surface area contributed by atoms with Gasteiger partial charge in [-0.25, -0.2) is 0 Å². The molecule has 55 heavy (non-hydrogen) atoms. The van der Waals surface area contributed by atoms with Crippen LogP contribution < -0.4 is 20.3 Å². The number of aliphatic hydroxyl groups is 2. The summed E-state index contributed by atoms with van der Waals surface area (Å²) in [5.74, 6) is 2.20. The van der Waals surface area contributed by atoms with Crippen molar-refractivity contribution in [2.24, 2.45) is 40.9 Å². The van der Waals surface area contributed by atoms with Crippen molar-refractivity contribution in [1.82, 2.24) is 20.6 Å². The third-order valence-corrected chi connectivity index (χ3v) is 13.1. The predicted molar refractivity (Wildman–Crippen MR) is 217 cm³/mol. The molecule has 5 fully saturated rings. The zero-order valence-electron chi connectivity index (χ0n) is 34.7. The van der Waals surface area contributed by atoms with Gasteiger partial charge in [-0.2, -0.15) is 5.06 Å². The van der Waals surface area contributed by atoms with Crippen molar-refractivity contribution in [2.75, 3.05) is 59.5 Å². The van der Waals surface area contributed by atoms with E-state index in [2.05, 4.69) is 56.2 Å². The molecular formula is C44H67N5O6. The molecule has 4 aliphatic carbocycles. The maximum atomic E-state index is 14.3. The number of carbonyl (C=O) groups excluding carboxylic acids is 2. The van der Waals surface area contributed by atoms with Gasteiger partial charge in [-0.05, 0) is 105 Å². The number of para-hydroxylation sites is 1. The molecule has 11 nitrogen and oxygen atoms in total. The highest BCUT2D eigenvalue weighted by Gasteiger charge is 2.57. The molecule has 304 valence electrons. The number of hydroxylamine groups is 2. The first-order valence-corrected chi connectivity index (χ1v) is 20.6. The maximum absolute atomic E-state index is 14.3. The summed E-state index contributed by atoms with van der Waals surface area (Å²) >= 11 is 0. The minimum Gasteiger partial charge on any atom is -0.492 e. The van der Waals surface area contributed by atoms with Crippen LogP contribution >= 0.6 is 0 Å². The molecule has 0 unspecified atom stereocenters. The number of benzene rings is 2. The summed E-state index contributed by atoms with van der Waals surface area (Å²) in [5.41, 5.74) is 4.27. The number of aliphatic hydroxyl groups excluding tert-OH is 2. The van der Waals surface area contributed by atoms with E-state index in [-0.39, 0.29) is 43.7 Å². The Morgan fingerprint density at radius 3 is 2.40 bits per heavy atom. The van der Waals surface area contributed by atoms with Gasteiger partial charge in [0, 0.05) is 61.0 Å². The smallest absolute Gasteiger partial charge is 0.251 e. The van der Waals surface area contributed by atoms with Crippen LogP contribution in [0.3, 0.4) is 0 Å². The Balaban J connectivity index is 1.31. The molecular weight excluding hydrogens is 695 g/mol. The third kappa shape index (κ3) is 9.17. The van der Waals surface area contributed by atoms with Gasteiger partial charge in [-0.1, -0.05) is 52.8 Å². The molecule has 8 atom stereocenters. The molecule has 11 heteroatoms. The topological polar surface area (TPSA) is 127 Å². The van der Waals surface area contributed by atoms with Crippen LogP contribution in [-0.2, 0) is 16.2 Å². The molecule has 1 aliphatic heterocycles. The second-order valence-corrected chi connectivity index (χ2v) is 18.5. The van der Waals surface area contributed by atoms with Crippen molar-refractivity contribution in [2.45, 2.75) is 97.5 Å². The van der Waals surface area contributed by atoms with Gasteiger partial charge in [0.05, 0.1) is 26.4 Å². The molecule has 2 aromatic rings. The summed E-state index contributed by atoms with van der Waals surface area (Å²) in [6.07, 6.45) is 4.54. The number of hydrogen-bond acceptors (Lipinski definition) is 9. The van der Waals surface area contributed by atoms with Crippen LogP contribution in [0, 0.1) is 40.9 Å². The Morgan fingerprint density at radius 1 is 1.05 bits per heavy atom. The van der Waals surface area contributed by atoms with Crippen LogP contribution in [0.15, 0.2) is 36.4 Å². The predicted octanol–water partition coefficient (Wildman–Crippen LogP) is 5.19. The van der Waals surface area contributed by atoms with Crippen LogP contribution in [0.25, 0.3) is 11.1 Å². The van der Waals surface area contributed by atoms with Crippen molar-refractivity contribution in [1.29, 1.82) is 0 Å². The molecule has 4 saturated carbocycles. The van der Waals surface area contributed by atoms with Crippen molar-refractivity contribution in [3.05, 3.63) is 47.5 Å². The van der Waals surface area contributed by atoms with Crippen molar-refractivity contribution >= 4 is 17.5 Å². The summed E-state index contributed by atoms with van der Waals surface area (Å²) in [4.78, 5) is 38.6. The third-order valence-electron chi connectivity index (χ3n) is 13.1. The molecule has 2 bridgehead atoms. The number of carbonyl (C=O) groups is 2. The Bertz CT molecular complexity index is 1650. The van der Waals surface area contributed by atoms with Gasteiger partial charge in [0.2, 0.25) is 5.91 Å². The van der Waals surface area contributed by atoms with Gasteiger partial charge < -0.3 is 35.4 Å². The fraction of sp³-hybridized carbons (Fsp3) is 0.682. The van der Waals surface area contributed by atoms with E-state index < -0.39 is 18.1 Å². The largest absolute Gasteiger partial charge is 0.492 e. The summed E-state index contributed by atoms with van der Waals surface area (Å²) in [6, 6.07) is 11.2. The number of nitrogens with one attached hydrogen (secondary N) is 2. The Hall–Kier alpha value is -3.22. The van der Waals surface area contributed by atoms with Gasteiger partial charge in [-0.15, -0.1) is 0 Å². The SMILES string of the molecule is CC(C)C[C@H](CN(C)C)NC(=O)c1cc(-c2cccc(CN3O[C@@H](CO)[C@@H](CO)[C@H]3C(=O)N[C@H]3C[C@H]4C[C@@H]([C@@H]3C)C4(C)C)c2OCC2CC2)cc(N(C)C)c1. The Kier molecular flexibility index (Phi) is 12.9. The average Bonchev–Trinajstić information content (AvgIpc) is 3.89. The van der Waals surface area contributed by atoms with Crippen molar-refractivity contribution in [3.8, 4) is 16.9 Å². The van der Waals surface area contributed by atoms with Crippen LogP contribution in [0.2, 0.25) is 0 Å². The number of rotatable bonds is 17. The first-order chi connectivity index (χ1) is 26.1. The van der Waals surface area contributed by atoms with E-state index in [0.29, 0.717) is 52.9 Å². The van der Waals surface area contributed by atoms with E-state index in [1.54, 1.807) is 5.06 Å². The van der Waals surface area contributed by atoms with Crippen molar-refractivity contribution in [3.63, 3.8) is 0 Å². The zero-order valence-corrected chi connectivity index (χ0v) is 34.7. The van der Waals surface area contributed by atoms with Crippen LogP contribution in [0.5, 0.6) is 5.75 Å². The Labute approximate surface area is 329 Å². The second-order valence-electron chi connectivity index (χ2n) is 18.5. The van der Waals surface area contributed by atoms with Crippen molar-refractivity contribution < 1.29 is 29.4 Å². The molecule has 0 radical (unpaired) electrons. The minimum absolute atomic E-state index is 0.00434. The van der Waals surface area contributed by atoms with Gasteiger partial charge >= 0.3 is 0 Å². The Morgan fingerprint density at radius 2 is 1.80 bits per heavy atom. The summed E-state index contributed by atoms with van der Waals surface area (Å²) in [5, 5.41) is 29.2. The molecule has 7 rings (SSSR count). The van der Waals surface area contributed by atoms with Gasteiger partial charge in [0.1, 0.15) is 17.9 Å². The lowest BCUT2D eigenvalue weighted by Gasteiger charge is -2.62. The summed E-state index contributed by atoms with van der Waals surface area (Å²) in [7, 11) is 7.99. The molecule has 1 heterocycles. The van der Waals surface area contributed by atoms with E-state index >= 15 is 0 Å². The molecule has 2 amide bonds. The fourth-order valence-electron chi connectivity index (χ4n) is 9.56. The van der Waals surface area contributed by atoms with Crippen LogP contribution in [0.1, 0.15) is 82.6 Å². The highest BCUT2D eigenvalue weighted by Crippen LogP contribution is 2.61. The fourth-order valence-corrected chi connectivity index (χ4v) is 9.56. The van der Waals surface area contributed by atoms with Gasteiger partial charge in [0.25, 0.3) is 5.91 Å². The minimum atomic E-state index is -0.797. The lowest BCUT2D eigenvalue weighted by atomic mass is 9.45. The standard InChI is InChI=1S/C44H67N5O6/c1-26(2)15-33(22-47(6)7)45-42(52)31-16-30(17-34(18-31)48(8)9)35-12-10-11-29(41(35)54-25-28-13-14-28)21-49-40(36(23-50)39(24-51)55-49)43(53)46-38-20-32-19-37(27(38)3)44(32,4)5/h10-12,16-18,26-28,32-33,36-40,50-51H,13-15,19-25H2,1-9H3,(H,45,52)(H,46,53)/t27-,32+,33+,36+,37-,38-,39-,40-/m0/s1. The molecule has 5 aliphatic rings. The number of fused-ring (bicyclic) bond motifs is 2. The monoisotopic (exact) mass is 762 g/mol. The molecule has 1 saturated heterocycles. The molecule has 4 N–H and O–H groups in total. The van der Waals surface area contributed by atoms with Crippen LogP contribution in [-0.4, -0.2) is 111 Å². The second kappa shape index (κ2) is 17.1. The summed E-state index contributed by atoms with van der Waals surface area (Å²) in [6.45, 7) is 12.2. The van der Waals surface area contributed by atoms with Crippen LogP contribution in [0.4, 0.5) is 5.69 Å². The molecule has 0 spiro atoms. The molecule has 0 aromatic heterocycles. The number of hydrogen-bond donors (Lipinski definition) is 4. The average molecular weight is 762 g/mol. The quantitative estimate of drug-likeness (QED) is 0.173. The van der Waals surface area contributed by atoms with E-state index in [1.165, 1.54) is 6.42 Å². The highest BCUT2D eigenvalue weighted by atomic mass is 16.7. The van der Waals surface area contributed by atoms with Gasteiger partial charge in [-0.3, -0.25) is 14.4 Å². The first kappa shape index (κ1) is 41.4. The highest BCUT2D eigenvalue weighted by molar-refractivity contribution is 5.97. The van der Waals surface area contributed by atoms with E-state index in [4.69, 9.17) is 9.57 Å². The van der Waals surface area contributed by atoms with E-state index in [1.807, 2.05) is 63.4 Å². The van der Waals surface area contributed by atoms with E-state index in [9.17, 15) is 19.8 Å². The van der Waals surface area contributed by atoms with E-state index in [0.717, 1.165) is 54.6 Å². The molecule has 2 aromatic carbocycles. The van der Waals surface area contributed by atoms with Gasteiger partial charge in [0.15, 0.2) is 0 Å². The first-order valence-electron chi connectivity index (χ1n) is 20.6. The lowest BCUT2D eigenvalue weighted by molar-refractivity contribution is -0.183. The summed E-state index contributed by atoms with van der Waals surface area (Å²) < 4.78 is 6.68. The number of amides is 2. The number of likely N-dealkylation sites (N-methyl/N-ethyl adjacent to an activating group) is 1. The normalized spacial score (nSPS) is 27.8. The maximum Gasteiger partial charge on any atom is 0.251 e. The number of nitrogens with zero attached hydrogens (tertiary/aromatic N) is 3. The number of anilines is 1. The number of ether oxygens (including phenoxy) is 1. The lowest BCUT2D eigenvalue weighted by Crippen LogP contribution is -2.62.